The summed E-state index contributed by atoms with van der Waals surface area (Å²) < 4.78 is 42.4. The molecular formula is C23H30N2O6S. The second-order valence-corrected chi connectivity index (χ2v) is 9.46. The first kappa shape index (κ1) is 23.7. The summed E-state index contributed by atoms with van der Waals surface area (Å²) in [6, 6.07) is 12.3. The van der Waals surface area contributed by atoms with E-state index in [-0.39, 0.29) is 24.9 Å². The Morgan fingerprint density at radius 3 is 2.47 bits per heavy atom. The quantitative estimate of drug-likeness (QED) is 0.582. The molecule has 1 N–H and O–H groups in total. The first-order valence-electron chi connectivity index (χ1n) is 10.7. The Labute approximate surface area is 189 Å². The zero-order chi connectivity index (χ0) is 23.1. The van der Waals surface area contributed by atoms with Crippen molar-refractivity contribution in [3.8, 4) is 17.2 Å². The van der Waals surface area contributed by atoms with Gasteiger partial charge in [0, 0.05) is 13.0 Å². The van der Waals surface area contributed by atoms with E-state index in [0.717, 1.165) is 11.8 Å². The van der Waals surface area contributed by atoms with Crippen molar-refractivity contribution >= 4 is 21.6 Å². The lowest BCUT2D eigenvalue weighted by molar-refractivity contribution is -0.121. The van der Waals surface area contributed by atoms with Gasteiger partial charge in [0.15, 0.2) is 11.5 Å². The molecule has 1 heterocycles. The van der Waals surface area contributed by atoms with Crippen molar-refractivity contribution in [2.24, 2.45) is 0 Å². The van der Waals surface area contributed by atoms with Crippen LogP contribution in [0, 0.1) is 0 Å². The van der Waals surface area contributed by atoms with Crippen LogP contribution in [0.4, 0.5) is 5.69 Å². The predicted molar refractivity (Wildman–Crippen MR) is 123 cm³/mol. The van der Waals surface area contributed by atoms with Gasteiger partial charge in [-0.3, -0.25) is 9.10 Å². The molecule has 9 heteroatoms. The van der Waals surface area contributed by atoms with E-state index in [4.69, 9.17) is 14.2 Å². The molecular weight excluding hydrogens is 432 g/mol. The van der Waals surface area contributed by atoms with E-state index < -0.39 is 10.0 Å². The van der Waals surface area contributed by atoms with Crippen LogP contribution in [0.3, 0.4) is 0 Å². The topological polar surface area (TPSA) is 94.2 Å². The molecule has 1 aliphatic heterocycles. The lowest BCUT2D eigenvalue weighted by Crippen LogP contribution is -2.32. The molecule has 0 bridgehead atoms. The van der Waals surface area contributed by atoms with Gasteiger partial charge < -0.3 is 19.5 Å². The average molecular weight is 463 g/mol. The summed E-state index contributed by atoms with van der Waals surface area (Å²) in [5.74, 6) is 1.91. The van der Waals surface area contributed by atoms with Gasteiger partial charge in [0.2, 0.25) is 15.9 Å². The van der Waals surface area contributed by atoms with Gasteiger partial charge in [-0.15, -0.1) is 0 Å². The number of sulfonamides is 1. The standard InChI is InChI=1S/C23H30N2O6S/c1-4-29-20-10-8-19(9-11-20)25(32(3,27)28)13-5-6-23(26)24-17(2)18-7-12-21-22(16-18)31-15-14-30-21/h7-12,16-17H,4-6,13-15H2,1-3H3,(H,24,26)/t17-/m1/s1. The number of rotatable bonds is 10. The second kappa shape index (κ2) is 10.6. The fourth-order valence-electron chi connectivity index (χ4n) is 3.47. The molecule has 0 unspecified atom stereocenters. The van der Waals surface area contributed by atoms with E-state index in [1.165, 1.54) is 4.31 Å². The van der Waals surface area contributed by atoms with Gasteiger partial charge >= 0.3 is 0 Å². The molecule has 1 aliphatic rings. The predicted octanol–water partition coefficient (Wildman–Crippen LogP) is 3.28. The molecule has 0 saturated heterocycles. The summed E-state index contributed by atoms with van der Waals surface area (Å²) in [5, 5.41) is 2.96. The van der Waals surface area contributed by atoms with Crippen LogP contribution < -0.4 is 23.8 Å². The van der Waals surface area contributed by atoms with Gasteiger partial charge in [0.25, 0.3) is 0 Å². The molecule has 1 atom stereocenters. The number of benzene rings is 2. The van der Waals surface area contributed by atoms with E-state index in [0.29, 0.717) is 49.2 Å². The van der Waals surface area contributed by atoms with Crippen molar-refractivity contribution in [1.29, 1.82) is 0 Å². The molecule has 0 saturated carbocycles. The maximum Gasteiger partial charge on any atom is 0.232 e. The van der Waals surface area contributed by atoms with Crippen LogP contribution in [0.2, 0.25) is 0 Å². The van der Waals surface area contributed by atoms with Gasteiger partial charge in [-0.25, -0.2) is 8.42 Å². The number of hydrogen-bond donors (Lipinski definition) is 1. The minimum absolute atomic E-state index is 0.146. The fraction of sp³-hybridized carbons (Fsp3) is 0.435. The Bertz CT molecular complexity index is 1020. The van der Waals surface area contributed by atoms with Crippen molar-refractivity contribution in [3.05, 3.63) is 48.0 Å². The number of hydrogen-bond acceptors (Lipinski definition) is 6. The van der Waals surface area contributed by atoms with Gasteiger partial charge in [0.1, 0.15) is 19.0 Å². The maximum absolute atomic E-state index is 12.4. The van der Waals surface area contributed by atoms with Crippen molar-refractivity contribution < 1.29 is 27.4 Å². The summed E-state index contributed by atoms with van der Waals surface area (Å²) in [5.41, 5.74) is 1.45. The molecule has 0 radical (unpaired) electrons. The van der Waals surface area contributed by atoms with Gasteiger partial charge in [-0.2, -0.15) is 0 Å². The van der Waals surface area contributed by atoms with Crippen LogP contribution in [0.15, 0.2) is 42.5 Å². The lowest BCUT2D eigenvalue weighted by Gasteiger charge is -2.23. The van der Waals surface area contributed by atoms with Gasteiger partial charge in [0.05, 0.1) is 24.6 Å². The summed E-state index contributed by atoms with van der Waals surface area (Å²) in [6.07, 6.45) is 1.76. The number of ether oxygens (including phenoxy) is 3. The number of fused-ring (bicyclic) bond motifs is 1. The largest absolute Gasteiger partial charge is 0.494 e. The van der Waals surface area contributed by atoms with E-state index in [9.17, 15) is 13.2 Å². The third-order valence-corrected chi connectivity index (χ3v) is 6.24. The molecule has 2 aromatic rings. The van der Waals surface area contributed by atoms with Crippen molar-refractivity contribution in [2.45, 2.75) is 32.7 Å². The first-order chi connectivity index (χ1) is 15.3. The van der Waals surface area contributed by atoms with E-state index in [1.54, 1.807) is 24.3 Å². The molecule has 3 rings (SSSR count). The Hall–Kier alpha value is -2.94. The smallest absolute Gasteiger partial charge is 0.232 e. The highest BCUT2D eigenvalue weighted by atomic mass is 32.2. The van der Waals surface area contributed by atoms with Crippen molar-refractivity contribution in [3.63, 3.8) is 0 Å². The number of nitrogens with zero attached hydrogens (tertiary/aromatic N) is 1. The maximum atomic E-state index is 12.4. The summed E-state index contributed by atoms with van der Waals surface area (Å²) in [7, 11) is -3.48. The fourth-order valence-corrected chi connectivity index (χ4v) is 4.44. The Morgan fingerprint density at radius 2 is 1.81 bits per heavy atom. The summed E-state index contributed by atoms with van der Waals surface area (Å²) >= 11 is 0. The Morgan fingerprint density at radius 1 is 1.12 bits per heavy atom. The average Bonchev–Trinajstić information content (AvgIpc) is 2.76. The number of anilines is 1. The van der Waals surface area contributed by atoms with Gasteiger partial charge in [-0.05, 0) is 62.2 Å². The molecule has 2 aromatic carbocycles. The minimum Gasteiger partial charge on any atom is -0.494 e. The van der Waals surface area contributed by atoms with E-state index in [1.807, 2.05) is 32.0 Å². The zero-order valence-corrected chi connectivity index (χ0v) is 19.5. The van der Waals surface area contributed by atoms with Gasteiger partial charge in [-0.1, -0.05) is 6.07 Å². The third-order valence-electron chi connectivity index (χ3n) is 5.04. The van der Waals surface area contributed by atoms with Crippen molar-refractivity contribution in [2.75, 3.05) is 36.9 Å². The second-order valence-electron chi connectivity index (χ2n) is 7.56. The number of amides is 1. The molecule has 0 spiro atoms. The Kier molecular flexibility index (Phi) is 7.84. The van der Waals surface area contributed by atoms with Crippen molar-refractivity contribution in [1.82, 2.24) is 5.32 Å². The highest BCUT2D eigenvalue weighted by molar-refractivity contribution is 7.92. The molecule has 32 heavy (non-hydrogen) atoms. The SMILES string of the molecule is CCOc1ccc(N(CCCC(=O)N[C@H](C)c2ccc3c(c2)OCCO3)S(C)(=O)=O)cc1. The van der Waals surface area contributed by atoms with Crippen LogP contribution in [0.25, 0.3) is 0 Å². The molecule has 8 nitrogen and oxygen atoms in total. The monoisotopic (exact) mass is 462 g/mol. The van der Waals surface area contributed by atoms with Crippen LogP contribution >= 0.6 is 0 Å². The zero-order valence-electron chi connectivity index (χ0n) is 18.7. The molecule has 174 valence electrons. The van der Waals surface area contributed by atoms with E-state index in [2.05, 4.69) is 5.32 Å². The Balaban J connectivity index is 1.54. The summed E-state index contributed by atoms with van der Waals surface area (Å²) in [4.78, 5) is 12.4. The first-order valence-corrected chi connectivity index (χ1v) is 12.5. The molecule has 0 fully saturated rings. The molecule has 0 aliphatic carbocycles. The number of nitrogens with one attached hydrogen (secondary N) is 1. The lowest BCUT2D eigenvalue weighted by atomic mass is 10.1. The van der Waals surface area contributed by atoms with E-state index >= 15 is 0 Å². The molecule has 0 aromatic heterocycles. The van der Waals surface area contributed by atoms with Crippen LogP contribution in [0.1, 0.15) is 38.3 Å². The van der Waals surface area contributed by atoms with Crippen LogP contribution in [-0.2, 0) is 14.8 Å². The number of carbonyl (C=O) groups is 1. The summed E-state index contributed by atoms with van der Waals surface area (Å²) in [6.45, 7) is 5.55. The number of carbonyl (C=O) groups excluding carboxylic acids is 1. The van der Waals surface area contributed by atoms with Crippen LogP contribution in [-0.4, -0.2) is 46.9 Å². The molecule has 1 amide bonds. The minimum atomic E-state index is -3.48. The normalized spacial score (nSPS) is 13.8. The highest BCUT2D eigenvalue weighted by Gasteiger charge is 2.19. The van der Waals surface area contributed by atoms with Crippen LogP contribution in [0.5, 0.6) is 17.2 Å². The third kappa shape index (κ3) is 6.29. The highest BCUT2D eigenvalue weighted by Crippen LogP contribution is 2.32.